The van der Waals surface area contributed by atoms with Gasteiger partial charge < -0.3 is 19.7 Å². The molecule has 2 unspecified atom stereocenters. The first kappa shape index (κ1) is 23.1. The van der Waals surface area contributed by atoms with E-state index < -0.39 is 41.6 Å². The fraction of sp³-hybridized carbons (Fsp3) is 0.400. The van der Waals surface area contributed by atoms with Crippen LogP contribution in [0.5, 0.6) is 11.5 Å². The van der Waals surface area contributed by atoms with Gasteiger partial charge in [-0.2, -0.15) is 0 Å². The summed E-state index contributed by atoms with van der Waals surface area (Å²) in [5.74, 6) is -1.51. The second-order valence-corrected chi connectivity index (χ2v) is 9.07. The number of hydrogen-bond donors (Lipinski definition) is 1. The highest BCUT2D eigenvalue weighted by Gasteiger charge is 2.51. The molecule has 4 amide bonds. The van der Waals surface area contributed by atoms with Crippen molar-refractivity contribution in [2.24, 2.45) is 0 Å². The van der Waals surface area contributed by atoms with Crippen LogP contribution in [0, 0.1) is 11.6 Å². The van der Waals surface area contributed by atoms with E-state index in [4.69, 9.17) is 9.47 Å². The predicted molar refractivity (Wildman–Crippen MR) is 120 cm³/mol. The van der Waals surface area contributed by atoms with Gasteiger partial charge in [-0.25, -0.2) is 13.6 Å². The van der Waals surface area contributed by atoms with Crippen molar-refractivity contribution < 1.29 is 32.6 Å². The molecule has 2 aromatic rings. The van der Waals surface area contributed by atoms with Gasteiger partial charge in [-0.05, 0) is 55.7 Å². The van der Waals surface area contributed by atoms with Gasteiger partial charge in [0.15, 0.2) is 11.5 Å². The number of hydrogen-bond acceptors (Lipinski definition) is 5. The summed E-state index contributed by atoms with van der Waals surface area (Å²) in [6, 6.07) is 7.21. The van der Waals surface area contributed by atoms with E-state index in [-0.39, 0.29) is 11.6 Å². The van der Waals surface area contributed by atoms with Crippen molar-refractivity contribution in [3.8, 4) is 11.5 Å². The lowest BCUT2D eigenvalue weighted by Crippen LogP contribution is -2.44. The summed E-state index contributed by atoms with van der Waals surface area (Å²) >= 11 is 0. The van der Waals surface area contributed by atoms with Gasteiger partial charge >= 0.3 is 6.03 Å². The number of ether oxygens (including phenoxy) is 2. The van der Waals surface area contributed by atoms with Crippen molar-refractivity contribution in [3.05, 3.63) is 59.2 Å². The van der Waals surface area contributed by atoms with E-state index in [1.54, 1.807) is 4.90 Å². The van der Waals surface area contributed by atoms with E-state index in [1.807, 2.05) is 18.2 Å². The van der Waals surface area contributed by atoms with E-state index in [2.05, 4.69) is 5.32 Å². The normalized spacial score (nSPS) is 23.9. The summed E-state index contributed by atoms with van der Waals surface area (Å²) in [5, 5.41) is 2.42. The quantitative estimate of drug-likeness (QED) is 0.672. The van der Waals surface area contributed by atoms with Gasteiger partial charge in [-0.1, -0.05) is 6.07 Å². The van der Waals surface area contributed by atoms with Gasteiger partial charge in [0.1, 0.15) is 23.7 Å². The van der Waals surface area contributed by atoms with Crippen LogP contribution in [0.4, 0.5) is 13.6 Å². The number of benzene rings is 2. The van der Waals surface area contributed by atoms with Gasteiger partial charge in [-0.15, -0.1) is 0 Å². The zero-order chi connectivity index (χ0) is 24.7. The molecule has 2 aromatic carbocycles. The standard InChI is InChI=1S/C25H25F2N3O5/c1-25(17-13-16(26)6-7-18(17)27)23(32)30(24(33)28-25)14-22(31)29-9-2-4-19(29)15-5-8-20-21(12-15)35-11-3-10-34-20/h5-8,12-13,19H,2-4,9-11,14H2,1H3,(H,28,33). The first-order chi connectivity index (χ1) is 16.8. The fourth-order valence-electron chi connectivity index (χ4n) is 4.93. The largest absolute Gasteiger partial charge is 0.490 e. The van der Waals surface area contributed by atoms with Crippen molar-refractivity contribution in [1.82, 2.24) is 15.1 Å². The Morgan fingerprint density at radius 2 is 1.86 bits per heavy atom. The molecule has 2 saturated heterocycles. The Morgan fingerprint density at radius 1 is 1.09 bits per heavy atom. The number of carbonyl (C=O) groups excluding carboxylic acids is 3. The first-order valence-electron chi connectivity index (χ1n) is 11.6. The Morgan fingerprint density at radius 3 is 2.66 bits per heavy atom. The Labute approximate surface area is 200 Å². The van der Waals surface area contributed by atoms with Crippen LogP contribution in [-0.2, 0) is 15.1 Å². The summed E-state index contributed by atoms with van der Waals surface area (Å²) in [5.41, 5.74) is -1.23. The van der Waals surface area contributed by atoms with Crippen molar-refractivity contribution in [2.45, 2.75) is 37.8 Å². The molecule has 0 bridgehead atoms. The van der Waals surface area contributed by atoms with Gasteiger partial charge in [0, 0.05) is 18.5 Å². The van der Waals surface area contributed by atoms with Crippen LogP contribution in [0.25, 0.3) is 0 Å². The van der Waals surface area contributed by atoms with Crippen LogP contribution < -0.4 is 14.8 Å². The van der Waals surface area contributed by atoms with Gasteiger partial charge in [-0.3, -0.25) is 14.5 Å². The van der Waals surface area contributed by atoms with E-state index in [1.165, 1.54) is 6.92 Å². The van der Waals surface area contributed by atoms with E-state index in [9.17, 15) is 23.2 Å². The minimum Gasteiger partial charge on any atom is -0.490 e. The number of rotatable bonds is 4. The molecule has 8 nitrogen and oxygen atoms in total. The van der Waals surface area contributed by atoms with Crippen LogP contribution in [-0.4, -0.2) is 53.9 Å². The number of fused-ring (bicyclic) bond motifs is 1. The number of carbonyl (C=O) groups is 3. The predicted octanol–water partition coefficient (Wildman–Crippen LogP) is 3.26. The molecule has 0 radical (unpaired) electrons. The lowest BCUT2D eigenvalue weighted by atomic mass is 9.91. The van der Waals surface area contributed by atoms with Crippen LogP contribution in [0.2, 0.25) is 0 Å². The lowest BCUT2D eigenvalue weighted by Gasteiger charge is -2.27. The lowest BCUT2D eigenvalue weighted by molar-refractivity contribution is -0.139. The van der Waals surface area contributed by atoms with Crippen molar-refractivity contribution in [3.63, 3.8) is 0 Å². The third kappa shape index (κ3) is 4.06. The molecule has 1 N–H and O–H groups in total. The molecule has 2 atom stereocenters. The molecule has 3 aliphatic heterocycles. The Balaban J connectivity index is 1.34. The maximum Gasteiger partial charge on any atom is 0.325 e. The molecule has 5 rings (SSSR count). The second-order valence-electron chi connectivity index (χ2n) is 9.07. The molecule has 3 aliphatic rings. The molecule has 2 fully saturated rings. The summed E-state index contributed by atoms with van der Waals surface area (Å²) in [6.07, 6.45) is 2.26. The van der Waals surface area contributed by atoms with E-state index >= 15 is 0 Å². The Hall–Kier alpha value is -3.69. The molecule has 10 heteroatoms. The molecule has 0 saturated carbocycles. The van der Waals surface area contributed by atoms with Gasteiger partial charge in [0.2, 0.25) is 5.91 Å². The number of nitrogens with zero attached hydrogens (tertiary/aromatic N) is 2. The molecular formula is C25H25F2N3O5. The van der Waals surface area contributed by atoms with E-state index in [0.717, 1.165) is 47.9 Å². The van der Waals surface area contributed by atoms with Crippen LogP contribution in [0.15, 0.2) is 36.4 Å². The minimum atomic E-state index is -1.82. The van der Waals surface area contributed by atoms with Crippen molar-refractivity contribution in [1.29, 1.82) is 0 Å². The number of nitrogens with one attached hydrogen (secondary N) is 1. The maximum atomic E-state index is 14.4. The molecule has 0 aliphatic carbocycles. The SMILES string of the molecule is CC1(c2cc(F)ccc2F)NC(=O)N(CC(=O)N2CCCC2c2ccc3c(c2)OCCCO3)C1=O. The Kier molecular flexibility index (Phi) is 5.82. The molecular weight excluding hydrogens is 460 g/mol. The van der Waals surface area contributed by atoms with Gasteiger partial charge in [0.25, 0.3) is 5.91 Å². The zero-order valence-electron chi connectivity index (χ0n) is 19.2. The maximum absolute atomic E-state index is 14.4. The minimum absolute atomic E-state index is 0.243. The van der Waals surface area contributed by atoms with Gasteiger partial charge in [0.05, 0.1) is 19.3 Å². The second kappa shape index (κ2) is 8.83. The third-order valence-electron chi connectivity index (χ3n) is 6.76. The fourth-order valence-corrected chi connectivity index (χ4v) is 4.93. The zero-order valence-corrected chi connectivity index (χ0v) is 19.2. The number of urea groups is 1. The number of likely N-dealkylation sites (tertiary alicyclic amines) is 1. The first-order valence-corrected chi connectivity index (χ1v) is 11.6. The highest BCUT2D eigenvalue weighted by Crippen LogP contribution is 2.38. The molecule has 0 spiro atoms. The molecule has 0 aromatic heterocycles. The molecule has 35 heavy (non-hydrogen) atoms. The average molecular weight is 485 g/mol. The highest BCUT2D eigenvalue weighted by atomic mass is 19.1. The summed E-state index contributed by atoms with van der Waals surface area (Å²) in [4.78, 5) is 41.4. The van der Waals surface area contributed by atoms with E-state index in [0.29, 0.717) is 31.3 Å². The number of imide groups is 1. The van der Waals surface area contributed by atoms with Crippen molar-refractivity contribution >= 4 is 17.8 Å². The topological polar surface area (TPSA) is 88.2 Å². The summed E-state index contributed by atoms with van der Waals surface area (Å²) < 4.78 is 39.6. The monoisotopic (exact) mass is 485 g/mol. The molecule has 184 valence electrons. The van der Waals surface area contributed by atoms with Crippen LogP contribution in [0.3, 0.4) is 0 Å². The molecule has 3 heterocycles. The number of amides is 4. The van der Waals surface area contributed by atoms with Crippen LogP contribution in [0.1, 0.15) is 43.4 Å². The third-order valence-corrected chi connectivity index (χ3v) is 6.76. The average Bonchev–Trinajstić information content (AvgIpc) is 3.31. The summed E-state index contributed by atoms with van der Waals surface area (Å²) in [7, 11) is 0. The number of halogens is 2. The van der Waals surface area contributed by atoms with Crippen molar-refractivity contribution in [2.75, 3.05) is 26.3 Å². The highest BCUT2D eigenvalue weighted by molar-refractivity contribution is 6.09. The summed E-state index contributed by atoms with van der Waals surface area (Å²) in [6.45, 7) is 2.38. The van der Waals surface area contributed by atoms with Crippen LogP contribution >= 0.6 is 0 Å². The smallest absolute Gasteiger partial charge is 0.325 e. The Bertz CT molecular complexity index is 1210.